The van der Waals surface area contributed by atoms with Crippen LogP contribution in [0.4, 0.5) is 4.79 Å². The average Bonchev–Trinajstić information content (AvgIpc) is 2.49. The Morgan fingerprint density at radius 1 is 1.21 bits per heavy atom. The largest absolute Gasteiger partial charge is 0.326 e. The van der Waals surface area contributed by atoms with E-state index >= 15 is 0 Å². The van der Waals surface area contributed by atoms with Crippen LogP contribution in [-0.4, -0.2) is 48.3 Å². The average molecular weight is 216 g/mol. The highest BCUT2D eigenvalue weighted by atomic mass is 32.1. The predicted molar refractivity (Wildman–Crippen MR) is 61.9 cm³/mol. The zero-order chi connectivity index (χ0) is 10.4. The fraction of sp³-hybridized carbons (Fsp3) is 0.900. The number of thiol groups is 1. The third-order valence-corrected chi connectivity index (χ3v) is 2.95. The van der Waals surface area contributed by atoms with Crippen LogP contribution in [0.5, 0.6) is 0 Å². The molecule has 0 bridgehead atoms. The van der Waals surface area contributed by atoms with Gasteiger partial charge in [0.15, 0.2) is 0 Å². The molecule has 1 aliphatic heterocycles. The molecule has 1 fully saturated rings. The van der Waals surface area contributed by atoms with Gasteiger partial charge in [-0.15, -0.1) is 0 Å². The van der Waals surface area contributed by atoms with Crippen LogP contribution in [-0.2, 0) is 0 Å². The first kappa shape index (κ1) is 11.7. The normalized spacial score (nSPS) is 16.9. The van der Waals surface area contributed by atoms with Gasteiger partial charge in [0.1, 0.15) is 0 Å². The molecular weight excluding hydrogens is 196 g/mol. The second kappa shape index (κ2) is 6.17. The molecule has 82 valence electrons. The molecule has 0 spiro atoms. The summed E-state index contributed by atoms with van der Waals surface area (Å²) in [5.41, 5.74) is 0. The molecule has 1 heterocycles. The molecule has 0 saturated carbocycles. The Morgan fingerprint density at radius 3 is 2.50 bits per heavy atom. The van der Waals surface area contributed by atoms with Crippen molar-refractivity contribution < 1.29 is 4.79 Å². The van der Waals surface area contributed by atoms with Gasteiger partial charge in [-0.2, -0.15) is 12.6 Å². The summed E-state index contributed by atoms with van der Waals surface area (Å²) in [7, 11) is 1.86. The van der Waals surface area contributed by atoms with Crippen molar-refractivity contribution in [2.75, 3.05) is 32.4 Å². The first-order valence-corrected chi connectivity index (χ1v) is 6.00. The van der Waals surface area contributed by atoms with Crippen LogP contribution in [0.25, 0.3) is 0 Å². The van der Waals surface area contributed by atoms with Crippen LogP contribution < -0.4 is 0 Å². The minimum atomic E-state index is 0.194. The summed E-state index contributed by atoms with van der Waals surface area (Å²) < 4.78 is 0. The van der Waals surface area contributed by atoms with E-state index in [2.05, 4.69) is 12.6 Å². The van der Waals surface area contributed by atoms with Crippen LogP contribution >= 0.6 is 12.6 Å². The molecule has 0 aliphatic carbocycles. The summed E-state index contributed by atoms with van der Waals surface area (Å²) >= 11 is 4.16. The van der Waals surface area contributed by atoms with Crippen molar-refractivity contribution in [2.45, 2.75) is 25.7 Å². The van der Waals surface area contributed by atoms with E-state index < -0.39 is 0 Å². The first-order chi connectivity index (χ1) is 6.75. The second-order valence-corrected chi connectivity index (χ2v) is 4.28. The van der Waals surface area contributed by atoms with E-state index in [0.29, 0.717) is 0 Å². The van der Waals surface area contributed by atoms with Crippen LogP contribution in [0, 0.1) is 0 Å². The highest BCUT2D eigenvalue weighted by Crippen LogP contribution is 2.08. The van der Waals surface area contributed by atoms with Gasteiger partial charge < -0.3 is 9.80 Å². The van der Waals surface area contributed by atoms with E-state index in [9.17, 15) is 4.79 Å². The van der Waals surface area contributed by atoms with Crippen molar-refractivity contribution in [1.29, 1.82) is 0 Å². The van der Waals surface area contributed by atoms with Gasteiger partial charge in [-0.05, 0) is 18.6 Å². The Hall–Kier alpha value is -0.380. The van der Waals surface area contributed by atoms with Crippen molar-refractivity contribution in [3.8, 4) is 0 Å². The molecule has 0 radical (unpaired) electrons. The topological polar surface area (TPSA) is 23.6 Å². The van der Waals surface area contributed by atoms with E-state index in [0.717, 1.165) is 31.8 Å². The molecule has 0 aromatic rings. The summed E-state index contributed by atoms with van der Waals surface area (Å²) in [5.74, 6) is 0.978. The van der Waals surface area contributed by atoms with Gasteiger partial charge >= 0.3 is 6.03 Å². The lowest BCUT2D eigenvalue weighted by molar-refractivity contribution is 0.198. The summed E-state index contributed by atoms with van der Waals surface area (Å²) in [5, 5.41) is 0. The zero-order valence-electron chi connectivity index (χ0n) is 8.91. The Labute approximate surface area is 91.9 Å². The van der Waals surface area contributed by atoms with Crippen molar-refractivity contribution in [2.24, 2.45) is 0 Å². The molecular formula is C10H20N2OS. The Kier molecular flexibility index (Phi) is 5.15. The number of hydrogen-bond donors (Lipinski definition) is 1. The number of nitrogens with zero attached hydrogens (tertiary/aromatic N) is 2. The number of unbranched alkanes of at least 4 members (excludes halogenated alkanes) is 3. The van der Waals surface area contributed by atoms with Crippen LogP contribution in [0.2, 0.25) is 0 Å². The Bertz CT molecular complexity index is 187. The van der Waals surface area contributed by atoms with E-state index in [4.69, 9.17) is 0 Å². The SMILES string of the molecule is CN1CCN(CCCCCCS)C1=O. The highest BCUT2D eigenvalue weighted by molar-refractivity contribution is 7.80. The molecule has 1 aliphatic rings. The van der Waals surface area contributed by atoms with Crippen molar-refractivity contribution in [1.82, 2.24) is 9.80 Å². The summed E-state index contributed by atoms with van der Waals surface area (Å²) in [6.07, 6.45) is 4.78. The molecule has 1 saturated heterocycles. The third-order valence-electron chi connectivity index (χ3n) is 2.64. The number of hydrogen-bond acceptors (Lipinski definition) is 2. The van der Waals surface area contributed by atoms with Gasteiger partial charge in [0.25, 0.3) is 0 Å². The maximum Gasteiger partial charge on any atom is 0.319 e. The van der Waals surface area contributed by atoms with Crippen molar-refractivity contribution >= 4 is 18.7 Å². The molecule has 1 rings (SSSR count). The van der Waals surface area contributed by atoms with Crippen LogP contribution in [0.1, 0.15) is 25.7 Å². The second-order valence-electron chi connectivity index (χ2n) is 3.83. The number of amides is 2. The summed E-state index contributed by atoms with van der Waals surface area (Å²) in [6.45, 7) is 2.72. The van der Waals surface area contributed by atoms with E-state index in [1.807, 2.05) is 11.9 Å². The summed E-state index contributed by atoms with van der Waals surface area (Å²) in [6, 6.07) is 0.194. The molecule has 0 aromatic carbocycles. The molecule has 4 heteroatoms. The van der Waals surface area contributed by atoms with Gasteiger partial charge in [0.05, 0.1) is 0 Å². The van der Waals surface area contributed by atoms with E-state index in [-0.39, 0.29) is 6.03 Å². The van der Waals surface area contributed by atoms with Gasteiger partial charge in [-0.3, -0.25) is 0 Å². The number of carbonyl (C=O) groups excluding carboxylic acids is 1. The van der Waals surface area contributed by atoms with Gasteiger partial charge in [0.2, 0.25) is 0 Å². The standard InChI is InChI=1S/C10H20N2OS/c1-11-7-8-12(10(11)13)6-4-2-3-5-9-14/h14H,2-9H2,1H3. The highest BCUT2D eigenvalue weighted by Gasteiger charge is 2.23. The monoisotopic (exact) mass is 216 g/mol. The maximum absolute atomic E-state index is 11.5. The lowest BCUT2D eigenvalue weighted by Crippen LogP contribution is -2.30. The minimum absolute atomic E-state index is 0.194. The van der Waals surface area contributed by atoms with Crippen LogP contribution in [0.3, 0.4) is 0 Å². The fourth-order valence-corrected chi connectivity index (χ4v) is 1.90. The minimum Gasteiger partial charge on any atom is -0.326 e. The smallest absolute Gasteiger partial charge is 0.319 e. The number of carbonyl (C=O) groups is 1. The first-order valence-electron chi connectivity index (χ1n) is 5.36. The van der Waals surface area contributed by atoms with Crippen molar-refractivity contribution in [3.63, 3.8) is 0 Å². The lowest BCUT2D eigenvalue weighted by atomic mass is 10.2. The van der Waals surface area contributed by atoms with Gasteiger partial charge in [-0.1, -0.05) is 12.8 Å². The molecule has 0 aromatic heterocycles. The summed E-state index contributed by atoms with van der Waals surface area (Å²) in [4.78, 5) is 15.2. The van der Waals surface area contributed by atoms with E-state index in [1.165, 1.54) is 19.3 Å². The lowest BCUT2D eigenvalue weighted by Gasteiger charge is -2.15. The van der Waals surface area contributed by atoms with Gasteiger partial charge in [-0.25, -0.2) is 4.79 Å². The predicted octanol–water partition coefficient (Wildman–Crippen LogP) is 1.84. The Balaban J connectivity index is 2.04. The molecule has 14 heavy (non-hydrogen) atoms. The molecule has 0 N–H and O–H groups in total. The zero-order valence-corrected chi connectivity index (χ0v) is 9.80. The molecule has 0 atom stereocenters. The Morgan fingerprint density at radius 2 is 1.93 bits per heavy atom. The third kappa shape index (κ3) is 3.40. The number of urea groups is 1. The molecule has 3 nitrogen and oxygen atoms in total. The van der Waals surface area contributed by atoms with Gasteiger partial charge in [0, 0.05) is 26.7 Å². The van der Waals surface area contributed by atoms with E-state index in [1.54, 1.807) is 4.90 Å². The van der Waals surface area contributed by atoms with Crippen LogP contribution in [0.15, 0.2) is 0 Å². The maximum atomic E-state index is 11.5. The quantitative estimate of drug-likeness (QED) is 0.531. The number of rotatable bonds is 6. The van der Waals surface area contributed by atoms with Crippen molar-refractivity contribution in [3.05, 3.63) is 0 Å². The molecule has 0 unspecified atom stereocenters. The fourth-order valence-electron chi connectivity index (χ4n) is 1.68. The molecule has 2 amide bonds. The number of likely N-dealkylation sites (N-methyl/N-ethyl adjacent to an activating group) is 1.